The lowest BCUT2D eigenvalue weighted by Gasteiger charge is -2.29. The van der Waals surface area contributed by atoms with Crippen LogP contribution in [0.15, 0.2) is 66.3 Å². The van der Waals surface area contributed by atoms with Gasteiger partial charge in [0.15, 0.2) is 4.96 Å². The van der Waals surface area contributed by atoms with Gasteiger partial charge in [-0.1, -0.05) is 38.1 Å². The van der Waals surface area contributed by atoms with Gasteiger partial charge in [0.2, 0.25) is 23.6 Å². The SMILES string of the molecule is COc1ccc(C[C@@H]2NC(=O)[C@@H](NC(=O)c3cn4ccsc4n3)Cc3ccc(cc3)OC[C@H](CC(C)C)NC(=O)CN(CC3CC3)C(=O)[C@@H](C)NC2=O)cc1. The van der Waals surface area contributed by atoms with Crippen molar-refractivity contribution in [2.75, 3.05) is 26.8 Å². The number of nitrogens with one attached hydrogen (secondary N) is 4. The first kappa shape index (κ1) is 39.3. The number of aromatic nitrogens is 2. The van der Waals surface area contributed by atoms with E-state index in [1.165, 1.54) is 16.2 Å². The molecule has 4 atom stereocenters. The number of thiazole rings is 1. The van der Waals surface area contributed by atoms with E-state index in [0.29, 0.717) is 29.4 Å². The molecule has 0 radical (unpaired) electrons. The monoisotopic (exact) mass is 771 g/mol. The van der Waals surface area contributed by atoms with E-state index in [9.17, 15) is 24.0 Å². The molecule has 4 heterocycles. The summed E-state index contributed by atoms with van der Waals surface area (Å²) in [5.74, 6) is -0.691. The van der Waals surface area contributed by atoms with Crippen molar-refractivity contribution in [1.29, 1.82) is 0 Å². The average Bonchev–Trinajstić information content (AvgIpc) is 3.71. The number of hydrogen-bond donors (Lipinski definition) is 4. The van der Waals surface area contributed by atoms with E-state index in [-0.39, 0.29) is 55.5 Å². The fourth-order valence-electron chi connectivity index (χ4n) is 6.59. The van der Waals surface area contributed by atoms with Crippen LogP contribution in [0.3, 0.4) is 0 Å². The number of nitrogens with zero attached hydrogens (tertiary/aromatic N) is 3. The Kier molecular flexibility index (Phi) is 12.7. The predicted octanol–water partition coefficient (Wildman–Crippen LogP) is 3.14. The maximum atomic E-state index is 14.2. The Balaban J connectivity index is 1.31. The molecule has 1 saturated carbocycles. The van der Waals surface area contributed by atoms with Crippen LogP contribution in [0.1, 0.15) is 61.6 Å². The fraction of sp³-hybridized carbons (Fsp3) is 0.450. The van der Waals surface area contributed by atoms with Crippen LogP contribution < -0.4 is 30.7 Å². The molecule has 1 aliphatic carbocycles. The van der Waals surface area contributed by atoms with Crippen molar-refractivity contribution >= 4 is 45.8 Å². The first-order chi connectivity index (χ1) is 26.4. The van der Waals surface area contributed by atoms with E-state index in [4.69, 9.17) is 9.47 Å². The van der Waals surface area contributed by atoms with Crippen molar-refractivity contribution in [1.82, 2.24) is 35.6 Å². The molecule has 0 saturated heterocycles. The summed E-state index contributed by atoms with van der Waals surface area (Å²) < 4.78 is 13.1. The van der Waals surface area contributed by atoms with Crippen molar-refractivity contribution in [3.8, 4) is 11.5 Å². The number of carbonyl (C=O) groups is 5. The van der Waals surface area contributed by atoms with Gasteiger partial charge in [-0.25, -0.2) is 4.98 Å². The number of fused-ring (bicyclic) bond motifs is 18. The quantitative estimate of drug-likeness (QED) is 0.188. The molecule has 5 amide bonds. The Morgan fingerprint density at radius 3 is 2.44 bits per heavy atom. The van der Waals surface area contributed by atoms with Gasteiger partial charge in [0.25, 0.3) is 5.91 Å². The number of methoxy groups -OCH3 is 1. The van der Waals surface area contributed by atoms with Crippen molar-refractivity contribution in [3.63, 3.8) is 0 Å². The number of rotatable bonds is 9. The van der Waals surface area contributed by atoms with Gasteiger partial charge in [0.1, 0.15) is 41.9 Å². The van der Waals surface area contributed by atoms with Gasteiger partial charge >= 0.3 is 0 Å². The largest absolute Gasteiger partial charge is 0.497 e. The summed E-state index contributed by atoms with van der Waals surface area (Å²) in [6, 6.07) is 10.7. The highest BCUT2D eigenvalue weighted by molar-refractivity contribution is 7.15. The van der Waals surface area contributed by atoms with Crippen LogP contribution in [-0.2, 0) is 32.0 Å². The Morgan fingerprint density at radius 2 is 1.76 bits per heavy atom. The van der Waals surface area contributed by atoms with Gasteiger partial charge in [-0.15, -0.1) is 11.3 Å². The Bertz CT molecular complexity index is 1940. The van der Waals surface area contributed by atoms with Crippen molar-refractivity contribution in [2.24, 2.45) is 11.8 Å². The molecule has 4 N–H and O–H groups in total. The summed E-state index contributed by atoms with van der Waals surface area (Å²) in [6.07, 6.45) is 6.14. The maximum absolute atomic E-state index is 14.2. The zero-order valence-electron chi connectivity index (χ0n) is 31.6. The molecule has 55 heavy (non-hydrogen) atoms. The highest BCUT2D eigenvalue weighted by Crippen LogP contribution is 2.30. The average molecular weight is 772 g/mol. The van der Waals surface area contributed by atoms with Crippen LogP contribution in [0.2, 0.25) is 0 Å². The Hall–Kier alpha value is -5.44. The maximum Gasteiger partial charge on any atom is 0.272 e. The Labute approximate surface area is 324 Å². The third kappa shape index (κ3) is 10.8. The van der Waals surface area contributed by atoms with Crippen LogP contribution in [-0.4, -0.2) is 94.8 Å². The molecule has 15 heteroatoms. The van der Waals surface area contributed by atoms with Crippen LogP contribution in [0.5, 0.6) is 11.5 Å². The van der Waals surface area contributed by atoms with Crippen LogP contribution in [0, 0.1) is 11.8 Å². The molecule has 0 unspecified atom stereocenters. The van der Waals surface area contributed by atoms with Crippen LogP contribution in [0.4, 0.5) is 0 Å². The molecule has 1 fully saturated rings. The molecule has 2 aromatic heterocycles. The lowest BCUT2D eigenvalue weighted by Crippen LogP contribution is -2.58. The molecule has 0 spiro atoms. The summed E-state index contributed by atoms with van der Waals surface area (Å²) in [5, 5.41) is 13.4. The second-order valence-electron chi connectivity index (χ2n) is 14.8. The van der Waals surface area contributed by atoms with Crippen LogP contribution in [0.25, 0.3) is 4.96 Å². The summed E-state index contributed by atoms with van der Waals surface area (Å²) in [6.45, 7) is 6.15. The first-order valence-corrected chi connectivity index (χ1v) is 19.6. The van der Waals surface area contributed by atoms with Gasteiger partial charge in [0, 0.05) is 37.2 Å². The summed E-state index contributed by atoms with van der Waals surface area (Å²) in [7, 11) is 1.55. The molecule has 292 valence electrons. The van der Waals surface area contributed by atoms with E-state index < -0.39 is 41.8 Å². The van der Waals surface area contributed by atoms with E-state index in [2.05, 4.69) is 40.1 Å². The molecule has 2 aliphatic heterocycles. The summed E-state index contributed by atoms with van der Waals surface area (Å²) in [5.41, 5.74) is 1.60. The fourth-order valence-corrected chi connectivity index (χ4v) is 7.29. The minimum absolute atomic E-state index is 0.0813. The van der Waals surface area contributed by atoms with E-state index in [1.807, 2.05) is 17.5 Å². The van der Waals surface area contributed by atoms with Gasteiger partial charge in [-0.05, 0) is 73.4 Å². The third-order valence-corrected chi connectivity index (χ3v) is 10.4. The van der Waals surface area contributed by atoms with E-state index in [0.717, 1.165) is 24.0 Å². The lowest BCUT2D eigenvalue weighted by atomic mass is 10.0. The Morgan fingerprint density at radius 1 is 1.02 bits per heavy atom. The molecular weight excluding hydrogens is 723 g/mol. The molecular formula is C40H49N7O7S. The highest BCUT2D eigenvalue weighted by Gasteiger charge is 2.34. The second-order valence-corrected chi connectivity index (χ2v) is 15.7. The number of carbonyl (C=O) groups excluding carboxylic acids is 5. The molecule has 7 rings (SSSR count). The number of benzene rings is 2. The van der Waals surface area contributed by atoms with Crippen molar-refractivity contribution < 1.29 is 33.4 Å². The zero-order valence-corrected chi connectivity index (χ0v) is 32.4. The predicted molar refractivity (Wildman–Crippen MR) is 207 cm³/mol. The molecule has 3 aliphatic rings. The number of hydrogen-bond acceptors (Lipinski definition) is 9. The number of ether oxygens (including phenoxy) is 2. The topological polar surface area (TPSA) is 172 Å². The lowest BCUT2D eigenvalue weighted by molar-refractivity contribution is -0.140. The van der Waals surface area contributed by atoms with Gasteiger partial charge in [0.05, 0.1) is 19.7 Å². The minimum Gasteiger partial charge on any atom is -0.497 e. The second kappa shape index (κ2) is 17.8. The zero-order chi connectivity index (χ0) is 39.1. The van der Waals surface area contributed by atoms with E-state index >= 15 is 0 Å². The smallest absolute Gasteiger partial charge is 0.272 e. The summed E-state index contributed by atoms with van der Waals surface area (Å²) >= 11 is 1.38. The van der Waals surface area contributed by atoms with Crippen molar-refractivity contribution in [3.05, 3.63) is 83.1 Å². The summed E-state index contributed by atoms with van der Waals surface area (Å²) in [4.78, 5) is 75.7. The number of amides is 5. The third-order valence-electron chi connectivity index (χ3n) is 9.67. The standard InChI is InChI=1S/C40H49N7O7S/c1-24(2)17-29-23-54-31-13-9-27(10-14-31)19-33(44-38(51)34-21-46-15-16-55-40(46)45-34)37(50)43-32(18-26-7-11-30(53-4)12-8-26)36(49)41-25(3)39(52)47(20-28-5-6-28)22-35(48)42-29/h7-16,21,24-25,28-29,32-33H,5-6,17-20,22-23H2,1-4H3,(H,41,49)(H,42,48)(H,43,50)(H,44,51)/t25-,29+,32+,33+/m1/s1. The molecule has 2 bridgehead atoms. The van der Waals surface area contributed by atoms with Crippen molar-refractivity contribution in [2.45, 2.75) is 77.0 Å². The first-order valence-electron chi connectivity index (χ1n) is 18.7. The molecule has 14 nitrogen and oxygen atoms in total. The molecule has 4 aromatic rings. The molecule has 2 aromatic carbocycles. The highest BCUT2D eigenvalue weighted by atomic mass is 32.1. The minimum atomic E-state index is -1.13. The van der Waals surface area contributed by atoms with Gasteiger partial charge in [-0.3, -0.25) is 28.4 Å². The van der Waals surface area contributed by atoms with Gasteiger partial charge in [-0.2, -0.15) is 0 Å². The van der Waals surface area contributed by atoms with Gasteiger partial charge < -0.3 is 35.6 Å². The van der Waals surface area contributed by atoms with Crippen LogP contribution >= 0.6 is 11.3 Å². The normalized spacial score (nSPS) is 21.8. The number of imidazole rings is 1. The van der Waals surface area contributed by atoms with E-state index in [1.54, 1.807) is 67.2 Å².